The van der Waals surface area contributed by atoms with E-state index in [2.05, 4.69) is 0 Å². The summed E-state index contributed by atoms with van der Waals surface area (Å²) in [6.07, 6.45) is 9.59. The monoisotopic (exact) mass is 288 g/mol. The molecule has 1 aromatic rings. The molecule has 1 aromatic carbocycles. The van der Waals surface area contributed by atoms with E-state index in [-0.39, 0.29) is 21.7 Å². The van der Waals surface area contributed by atoms with Crippen LogP contribution in [0.15, 0.2) is 76.3 Å². The quantitative estimate of drug-likeness (QED) is 0.908. The maximum Gasteiger partial charge on any atom is 0.210 e. The summed E-state index contributed by atoms with van der Waals surface area (Å²) >= 11 is 0. The molecule has 0 spiro atoms. The van der Waals surface area contributed by atoms with Crippen LogP contribution in [0.3, 0.4) is 0 Å². The molecular formula is C15H12O4S. The van der Waals surface area contributed by atoms with E-state index in [0.29, 0.717) is 0 Å². The zero-order valence-corrected chi connectivity index (χ0v) is 11.2. The molecule has 0 bridgehead atoms. The molecule has 1 N–H and O–H groups in total. The van der Waals surface area contributed by atoms with Gasteiger partial charge in [0.2, 0.25) is 9.84 Å². The lowest BCUT2D eigenvalue weighted by atomic mass is 10.0. The highest BCUT2D eigenvalue weighted by Gasteiger charge is 2.26. The number of sulfone groups is 1. The molecule has 2 aliphatic rings. The van der Waals surface area contributed by atoms with Gasteiger partial charge in [0, 0.05) is 0 Å². The SMILES string of the molecule is O=S(=O)(C1=CC2=CC=COC2C=C1)c1ccccc1O. The van der Waals surface area contributed by atoms with E-state index >= 15 is 0 Å². The number of rotatable bonds is 2. The van der Waals surface area contributed by atoms with Gasteiger partial charge in [-0.3, -0.25) is 0 Å². The molecule has 0 amide bonds. The molecule has 1 unspecified atom stereocenters. The zero-order valence-electron chi connectivity index (χ0n) is 10.4. The third-order valence-electron chi connectivity index (χ3n) is 3.13. The first-order chi connectivity index (χ1) is 9.59. The molecule has 102 valence electrons. The van der Waals surface area contributed by atoms with Crippen molar-refractivity contribution in [1.82, 2.24) is 0 Å². The Balaban J connectivity index is 2.07. The van der Waals surface area contributed by atoms with Gasteiger partial charge in [0.05, 0.1) is 11.2 Å². The van der Waals surface area contributed by atoms with Crippen LogP contribution in [0.1, 0.15) is 0 Å². The molecule has 0 saturated heterocycles. The van der Waals surface area contributed by atoms with Gasteiger partial charge in [0.15, 0.2) is 0 Å². The average molecular weight is 288 g/mol. The smallest absolute Gasteiger partial charge is 0.210 e. The fraction of sp³-hybridized carbons (Fsp3) is 0.0667. The van der Waals surface area contributed by atoms with Crippen molar-refractivity contribution in [2.24, 2.45) is 0 Å². The third-order valence-corrected chi connectivity index (χ3v) is 4.93. The lowest BCUT2D eigenvalue weighted by Crippen LogP contribution is -2.16. The van der Waals surface area contributed by atoms with Crippen LogP contribution < -0.4 is 0 Å². The molecule has 0 radical (unpaired) electrons. The summed E-state index contributed by atoms with van der Waals surface area (Å²) in [4.78, 5) is 0.0441. The largest absolute Gasteiger partial charge is 0.507 e. The van der Waals surface area contributed by atoms with Crippen LogP contribution in [-0.4, -0.2) is 19.6 Å². The van der Waals surface area contributed by atoms with E-state index in [9.17, 15) is 13.5 Å². The van der Waals surface area contributed by atoms with Crippen molar-refractivity contribution in [3.8, 4) is 5.75 Å². The van der Waals surface area contributed by atoms with Gasteiger partial charge in [-0.1, -0.05) is 18.2 Å². The number of ether oxygens (including phenoxy) is 1. The van der Waals surface area contributed by atoms with E-state index in [0.717, 1.165) is 5.57 Å². The Labute approximate surface area is 116 Å². The van der Waals surface area contributed by atoms with E-state index in [1.165, 1.54) is 18.2 Å². The minimum Gasteiger partial charge on any atom is -0.507 e. The predicted octanol–water partition coefficient (Wildman–Crippen LogP) is 2.46. The molecule has 0 fully saturated rings. The summed E-state index contributed by atoms with van der Waals surface area (Å²) in [6.45, 7) is 0. The molecule has 1 aliphatic heterocycles. The molecule has 20 heavy (non-hydrogen) atoms. The Bertz CT molecular complexity index is 767. The second kappa shape index (κ2) is 4.68. The molecule has 1 heterocycles. The number of aromatic hydroxyl groups is 1. The second-order valence-corrected chi connectivity index (χ2v) is 6.35. The number of para-hydroxylation sites is 1. The molecule has 1 aliphatic carbocycles. The highest BCUT2D eigenvalue weighted by atomic mass is 32.2. The normalized spacial score (nSPS) is 20.7. The third kappa shape index (κ3) is 2.06. The molecule has 0 saturated carbocycles. The van der Waals surface area contributed by atoms with Gasteiger partial charge in [0.25, 0.3) is 0 Å². The van der Waals surface area contributed by atoms with Crippen molar-refractivity contribution in [3.63, 3.8) is 0 Å². The molecule has 0 aromatic heterocycles. The molecule has 5 heteroatoms. The van der Waals surface area contributed by atoms with Crippen molar-refractivity contribution in [3.05, 3.63) is 71.4 Å². The van der Waals surface area contributed by atoms with Gasteiger partial charge in [-0.05, 0) is 42.0 Å². The summed E-state index contributed by atoms with van der Waals surface area (Å²) in [5, 5.41) is 9.73. The van der Waals surface area contributed by atoms with Gasteiger partial charge >= 0.3 is 0 Å². The van der Waals surface area contributed by atoms with Gasteiger partial charge in [-0.25, -0.2) is 8.42 Å². The molecule has 4 nitrogen and oxygen atoms in total. The van der Waals surface area contributed by atoms with E-state index in [1.807, 2.05) is 0 Å². The standard InChI is InChI=1S/C15H12O4S/c16-13-5-1-2-6-15(13)20(17,18)12-7-8-14-11(10-12)4-3-9-19-14/h1-10,14,16H. The number of fused-ring (bicyclic) bond motifs is 1. The van der Waals surface area contributed by atoms with Crippen LogP contribution in [0, 0.1) is 0 Å². The van der Waals surface area contributed by atoms with Gasteiger partial charge in [-0.2, -0.15) is 0 Å². The average Bonchev–Trinajstić information content (AvgIpc) is 2.47. The lowest BCUT2D eigenvalue weighted by Gasteiger charge is -2.21. The highest BCUT2D eigenvalue weighted by molar-refractivity contribution is 7.95. The number of benzene rings is 1. The zero-order chi connectivity index (χ0) is 14.2. The summed E-state index contributed by atoms with van der Waals surface area (Å²) in [5.41, 5.74) is 0.768. The van der Waals surface area contributed by atoms with Gasteiger partial charge < -0.3 is 9.84 Å². The maximum absolute atomic E-state index is 12.5. The lowest BCUT2D eigenvalue weighted by molar-refractivity contribution is 0.215. The first-order valence-corrected chi connectivity index (χ1v) is 7.52. The van der Waals surface area contributed by atoms with Crippen LogP contribution in [0.2, 0.25) is 0 Å². The first-order valence-electron chi connectivity index (χ1n) is 6.04. The number of allylic oxidation sites excluding steroid dienone is 3. The van der Waals surface area contributed by atoms with Crippen LogP contribution in [-0.2, 0) is 14.6 Å². The fourth-order valence-electron chi connectivity index (χ4n) is 2.11. The van der Waals surface area contributed by atoms with Crippen LogP contribution in [0.25, 0.3) is 0 Å². The van der Waals surface area contributed by atoms with Crippen LogP contribution in [0.5, 0.6) is 5.75 Å². The highest BCUT2D eigenvalue weighted by Crippen LogP contribution is 2.32. The minimum absolute atomic E-state index is 0.0952. The molecule has 1 atom stereocenters. The second-order valence-electron chi connectivity index (χ2n) is 4.43. The number of hydrogen-bond donors (Lipinski definition) is 1. The Morgan fingerprint density at radius 3 is 2.80 bits per heavy atom. The number of phenols is 1. The van der Waals surface area contributed by atoms with E-state index in [1.54, 1.807) is 42.7 Å². The van der Waals surface area contributed by atoms with Gasteiger partial charge in [-0.15, -0.1) is 0 Å². The summed E-state index contributed by atoms with van der Waals surface area (Å²) in [7, 11) is -3.74. The summed E-state index contributed by atoms with van der Waals surface area (Å²) in [5.74, 6) is -0.252. The van der Waals surface area contributed by atoms with Crippen molar-refractivity contribution < 1.29 is 18.3 Å². The first kappa shape index (κ1) is 12.7. The molecular weight excluding hydrogens is 276 g/mol. The number of hydrogen-bond acceptors (Lipinski definition) is 4. The van der Waals surface area contributed by atoms with Gasteiger partial charge in [0.1, 0.15) is 16.7 Å². The Morgan fingerprint density at radius 2 is 2.00 bits per heavy atom. The van der Waals surface area contributed by atoms with E-state index < -0.39 is 9.84 Å². The van der Waals surface area contributed by atoms with Crippen molar-refractivity contribution >= 4 is 9.84 Å². The Hall–Kier alpha value is -2.27. The summed E-state index contributed by atoms with van der Waals surface area (Å²) in [6, 6.07) is 5.90. The fourth-order valence-corrected chi connectivity index (χ4v) is 3.52. The topological polar surface area (TPSA) is 63.6 Å². The number of phenolic OH excluding ortho intramolecular Hbond substituents is 1. The van der Waals surface area contributed by atoms with Crippen LogP contribution >= 0.6 is 0 Å². The van der Waals surface area contributed by atoms with E-state index in [4.69, 9.17) is 4.74 Å². The summed E-state index contributed by atoms with van der Waals surface area (Å²) < 4.78 is 30.4. The van der Waals surface area contributed by atoms with Crippen LogP contribution in [0.4, 0.5) is 0 Å². The van der Waals surface area contributed by atoms with Crippen molar-refractivity contribution in [2.75, 3.05) is 0 Å². The predicted molar refractivity (Wildman–Crippen MR) is 74.6 cm³/mol. The van der Waals surface area contributed by atoms with Crippen molar-refractivity contribution in [1.29, 1.82) is 0 Å². The minimum atomic E-state index is -3.74. The molecule has 3 rings (SSSR count). The Morgan fingerprint density at radius 1 is 1.20 bits per heavy atom. The van der Waals surface area contributed by atoms with Crippen molar-refractivity contribution in [2.45, 2.75) is 11.0 Å². The Kier molecular flexibility index (Phi) is 2.99. The maximum atomic E-state index is 12.5.